The molecule has 10 heteroatoms. The standard InChI is InChI=1S/C30H40N4O6/c1-23-5-8-26(9-6-23)40-22-30(36)20-32(11-12-33(21-30)29(35)19-37-3)18-25-7-10-27(38-4)28(15-25)39-14-13-34-17-24(2)16-31-34/h5-10,15-17,36H,11-14,18-22H2,1-4H3/t30-/m0/s1. The van der Waals surface area contributed by atoms with Crippen molar-refractivity contribution in [3.63, 3.8) is 0 Å². The summed E-state index contributed by atoms with van der Waals surface area (Å²) in [6.45, 7) is 7.18. The highest BCUT2D eigenvalue weighted by atomic mass is 16.5. The van der Waals surface area contributed by atoms with Crippen LogP contribution in [0.3, 0.4) is 0 Å². The zero-order chi connectivity index (χ0) is 28.5. The number of β-amino-alcohol motifs (C(OH)–C–C–N with tert-alkyl or cyclic N) is 1. The van der Waals surface area contributed by atoms with Gasteiger partial charge in [-0.2, -0.15) is 5.10 Å². The Morgan fingerprint density at radius 3 is 2.50 bits per heavy atom. The van der Waals surface area contributed by atoms with Crippen molar-refractivity contribution < 1.29 is 28.8 Å². The van der Waals surface area contributed by atoms with Crippen LogP contribution in [0.2, 0.25) is 0 Å². The quantitative estimate of drug-likeness (QED) is 0.366. The Morgan fingerprint density at radius 1 is 1.00 bits per heavy atom. The SMILES string of the molecule is COCC(=O)N1CCN(Cc2ccc(OC)c(OCCn3cc(C)cn3)c2)C[C@@](O)(COc2ccc(C)cc2)C1. The molecule has 0 bridgehead atoms. The Hall–Kier alpha value is -3.60. The first-order chi connectivity index (χ1) is 19.3. The Labute approximate surface area is 236 Å². The van der Waals surface area contributed by atoms with E-state index >= 15 is 0 Å². The van der Waals surface area contributed by atoms with Crippen LogP contribution in [-0.2, 0) is 22.6 Å². The average molecular weight is 553 g/mol. The van der Waals surface area contributed by atoms with Gasteiger partial charge in [0.05, 0.1) is 26.4 Å². The lowest BCUT2D eigenvalue weighted by Crippen LogP contribution is -2.52. The Morgan fingerprint density at radius 2 is 1.80 bits per heavy atom. The highest BCUT2D eigenvalue weighted by molar-refractivity contribution is 5.77. The summed E-state index contributed by atoms with van der Waals surface area (Å²) in [7, 11) is 3.11. The molecule has 10 nitrogen and oxygen atoms in total. The van der Waals surface area contributed by atoms with E-state index in [9.17, 15) is 9.90 Å². The highest BCUT2D eigenvalue weighted by Gasteiger charge is 2.37. The molecule has 1 atom stereocenters. The lowest BCUT2D eigenvalue weighted by Gasteiger charge is -2.33. The minimum Gasteiger partial charge on any atom is -0.493 e. The van der Waals surface area contributed by atoms with Gasteiger partial charge in [-0.05, 0) is 49.2 Å². The molecular formula is C30H40N4O6. The van der Waals surface area contributed by atoms with Crippen molar-refractivity contribution in [2.24, 2.45) is 0 Å². The first kappa shape index (κ1) is 29.4. The predicted molar refractivity (Wildman–Crippen MR) is 151 cm³/mol. The van der Waals surface area contributed by atoms with Gasteiger partial charge in [0.15, 0.2) is 11.5 Å². The minimum absolute atomic E-state index is 0.0355. The number of amides is 1. The molecule has 1 amide bonds. The van der Waals surface area contributed by atoms with E-state index in [0.29, 0.717) is 56.6 Å². The molecule has 1 N–H and O–H groups in total. The molecule has 2 aromatic carbocycles. The summed E-state index contributed by atoms with van der Waals surface area (Å²) in [5.41, 5.74) is 1.95. The summed E-state index contributed by atoms with van der Waals surface area (Å²) in [6, 6.07) is 13.5. The number of carbonyl (C=O) groups is 1. The number of aromatic nitrogens is 2. The van der Waals surface area contributed by atoms with E-state index in [4.69, 9.17) is 18.9 Å². The van der Waals surface area contributed by atoms with Crippen molar-refractivity contribution >= 4 is 5.91 Å². The van der Waals surface area contributed by atoms with Gasteiger partial charge in [-0.1, -0.05) is 23.8 Å². The van der Waals surface area contributed by atoms with Crippen molar-refractivity contribution in [1.82, 2.24) is 19.6 Å². The molecule has 3 aromatic rings. The minimum atomic E-state index is -1.28. The highest BCUT2D eigenvalue weighted by Crippen LogP contribution is 2.29. The molecule has 0 unspecified atom stereocenters. The lowest BCUT2D eigenvalue weighted by molar-refractivity contribution is -0.138. The summed E-state index contributed by atoms with van der Waals surface area (Å²) < 4.78 is 24.5. The fourth-order valence-corrected chi connectivity index (χ4v) is 4.78. The maximum absolute atomic E-state index is 12.7. The van der Waals surface area contributed by atoms with Gasteiger partial charge >= 0.3 is 0 Å². The van der Waals surface area contributed by atoms with E-state index in [1.807, 2.05) is 73.4 Å². The van der Waals surface area contributed by atoms with E-state index in [1.165, 1.54) is 7.11 Å². The van der Waals surface area contributed by atoms with Crippen LogP contribution in [0, 0.1) is 13.8 Å². The van der Waals surface area contributed by atoms with Gasteiger partial charge < -0.3 is 29.0 Å². The Balaban J connectivity index is 1.46. The second-order valence-electron chi connectivity index (χ2n) is 10.4. The van der Waals surface area contributed by atoms with E-state index < -0.39 is 5.60 Å². The largest absolute Gasteiger partial charge is 0.493 e. The van der Waals surface area contributed by atoms with Crippen molar-refractivity contribution in [3.05, 3.63) is 71.5 Å². The van der Waals surface area contributed by atoms with Gasteiger partial charge in [-0.15, -0.1) is 0 Å². The van der Waals surface area contributed by atoms with Gasteiger partial charge in [0.2, 0.25) is 5.91 Å². The number of aliphatic hydroxyl groups is 1. The van der Waals surface area contributed by atoms with Gasteiger partial charge in [-0.25, -0.2) is 0 Å². The van der Waals surface area contributed by atoms with Crippen LogP contribution >= 0.6 is 0 Å². The third kappa shape index (κ3) is 8.20. The zero-order valence-corrected chi connectivity index (χ0v) is 23.8. The summed E-state index contributed by atoms with van der Waals surface area (Å²) in [4.78, 5) is 16.5. The lowest BCUT2D eigenvalue weighted by atomic mass is 10.0. The number of methoxy groups -OCH3 is 2. The van der Waals surface area contributed by atoms with Crippen LogP contribution in [0.1, 0.15) is 16.7 Å². The fourth-order valence-electron chi connectivity index (χ4n) is 4.78. The average Bonchev–Trinajstić information content (AvgIpc) is 3.27. The third-order valence-corrected chi connectivity index (χ3v) is 6.81. The van der Waals surface area contributed by atoms with E-state index in [-0.39, 0.29) is 25.7 Å². The van der Waals surface area contributed by atoms with Gasteiger partial charge in [0, 0.05) is 39.5 Å². The fraction of sp³-hybridized carbons (Fsp3) is 0.467. The molecule has 0 radical (unpaired) electrons. The number of benzene rings is 2. The molecule has 40 heavy (non-hydrogen) atoms. The van der Waals surface area contributed by atoms with Crippen LogP contribution in [0.4, 0.5) is 0 Å². The van der Waals surface area contributed by atoms with Gasteiger partial charge in [0.25, 0.3) is 0 Å². The molecule has 216 valence electrons. The maximum atomic E-state index is 12.7. The van der Waals surface area contributed by atoms with E-state index in [2.05, 4.69) is 10.00 Å². The number of rotatable bonds is 12. The maximum Gasteiger partial charge on any atom is 0.248 e. The second-order valence-corrected chi connectivity index (χ2v) is 10.4. The van der Waals surface area contributed by atoms with E-state index in [1.54, 1.807) is 12.0 Å². The van der Waals surface area contributed by atoms with Crippen LogP contribution in [0.25, 0.3) is 0 Å². The number of hydrogen-bond donors (Lipinski definition) is 1. The first-order valence-corrected chi connectivity index (χ1v) is 13.5. The number of nitrogens with zero attached hydrogens (tertiary/aromatic N) is 4. The van der Waals surface area contributed by atoms with Gasteiger partial charge in [-0.3, -0.25) is 14.4 Å². The summed E-state index contributed by atoms with van der Waals surface area (Å²) in [5, 5.41) is 16.0. The van der Waals surface area contributed by atoms with Crippen LogP contribution in [-0.4, -0.2) is 96.4 Å². The molecule has 0 saturated carbocycles. The van der Waals surface area contributed by atoms with Gasteiger partial charge in [0.1, 0.15) is 31.2 Å². The number of carbonyl (C=O) groups excluding carboxylic acids is 1. The van der Waals surface area contributed by atoms with Crippen LogP contribution < -0.4 is 14.2 Å². The Kier molecular flexibility index (Phi) is 10.0. The zero-order valence-electron chi connectivity index (χ0n) is 23.8. The molecule has 1 fully saturated rings. The molecular weight excluding hydrogens is 512 g/mol. The van der Waals surface area contributed by atoms with Crippen molar-refractivity contribution in [1.29, 1.82) is 0 Å². The van der Waals surface area contributed by atoms with Crippen molar-refractivity contribution in [2.75, 3.05) is 60.2 Å². The van der Waals surface area contributed by atoms with Crippen LogP contribution in [0.15, 0.2) is 54.9 Å². The summed E-state index contributed by atoms with van der Waals surface area (Å²) >= 11 is 0. The topological polar surface area (TPSA) is 98.5 Å². The smallest absolute Gasteiger partial charge is 0.248 e. The number of aryl methyl sites for hydroxylation is 2. The Bertz CT molecular complexity index is 1250. The third-order valence-electron chi connectivity index (χ3n) is 6.81. The molecule has 0 spiro atoms. The molecule has 1 aliphatic rings. The number of hydrogen-bond acceptors (Lipinski definition) is 8. The first-order valence-electron chi connectivity index (χ1n) is 13.5. The molecule has 1 aliphatic heterocycles. The molecule has 1 saturated heterocycles. The second kappa shape index (κ2) is 13.6. The monoisotopic (exact) mass is 552 g/mol. The molecule has 2 heterocycles. The summed E-state index contributed by atoms with van der Waals surface area (Å²) in [5.74, 6) is 1.81. The molecule has 4 rings (SSSR count). The van der Waals surface area contributed by atoms with Crippen LogP contribution in [0.5, 0.6) is 17.2 Å². The van der Waals surface area contributed by atoms with Crippen molar-refractivity contribution in [3.8, 4) is 17.2 Å². The molecule has 1 aromatic heterocycles. The number of ether oxygens (including phenoxy) is 4. The van der Waals surface area contributed by atoms with E-state index in [0.717, 1.165) is 16.7 Å². The normalized spacial score (nSPS) is 17.9. The van der Waals surface area contributed by atoms with Crippen molar-refractivity contribution in [2.45, 2.75) is 32.5 Å². The molecule has 0 aliphatic carbocycles. The predicted octanol–water partition coefficient (Wildman–Crippen LogP) is 2.69. The summed E-state index contributed by atoms with van der Waals surface area (Å²) in [6.07, 6.45) is 3.79.